The molecular formula is C10H11N5O. The van der Waals surface area contributed by atoms with Gasteiger partial charge < -0.3 is 11.1 Å². The van der Waals surface area contributed by atoms with E-state index in [2.05, 4.69) is 20.5 Å². The van der Waals surface area contributed by atoms with Crippen LogP contribution in [0.15, 0.2) is 30.6 Å². The Morgan fingerprint density at radius 3 is 3.06 bits per heavy atom. The maximum atomic E-state index is 11.6. The third-order valence-electron chi connectivity index (χ3n) is 2.05. The number of anilines is 1. The van der Waals surface area contributed by atoms with E-state index < -0.39 is 0 Å². The summed E-state index contributed by atoms with van der Waals surface area (Å²) in [6.07, 6.45) is 1.28. The molecule has 0 fully saturated rings. The molecule has 0 radical (unpaired) electrons. The summed E-state index contributed by atoms with van der Waals surface area (Å²) >= 11 is 0. The summed E-state index contributed by atoms with van der Waals surface area (Å²) in [7, 11) is 0. The average Bonchev–Trinajstić information content (AvgIpc) is 2.83. The van der Waals surface area contributed by atoms with Gasteiger partial charge in [-0.15, -0.1) is 0 Å². The molecule has 0 aliphatic carbocycles. The number of nitrogens with two attached hydrogens (primary N) is 1. The van der Waals surface area contributed by atoms with E-state index in [0.29, 0.717) is 12.2 Å². The first kappa shape index (κ1) is 10.3. The Hall–Kier alpha value is -2.21. The Morgan fingerprint density at radius 2 is 2.38 bits per heavy atom. The van der Waals surface area contributed by atoms with E-state index in [1.165, 1.54) is 6.33 Å². The molecule has 0 unspecified atom stereocenters. The first-order valence-corrected chi connectivity index (χ1v) is 4.75. The van der Waals surface area contributed by atoms with E-state index in [9.17, 15) is 4.79 Å². The highest BCUT2D eigenvalue weighted by molar-refractivity contribution is 6.01. The smallest absolute Gasteiger partial charge is 0.292 e. The van der Waals surface area contributed by atoms with Crippen molar-refractivity contribution >= 4 is 11.6 Å². The van der Waals surface area contributed by atoms with Crippen molar-refractivity contribution in [3.63, 3.8) is 0 Å². The molecule has 1 aromatic carbocycles. The Morgan fingerprint density at radius 1 is 1.50 bits per heavy atom. The maximum absolute atomic E-state index is 11.6. The van der Waals surface area contributed by atoms with Crippen LogP contribution in [0.3, 0.4) is 0 Å². The summed E-state index contributed by atoms with van der Waals surface area (Å²) in [5, 5.41) is 8.78. The van der Waals surface area contributed by atoms with Gasteiger partial charge in [-0.3, -0.25) is 9.89 Å². The van der Waals surface area contributed by atoms with Crippen LogP contribution in [0.1, 0.15) is 16.2 Å². The van der Waals surface area contributed by atoms with Crippen LogP contribution in [0.25, 0.3) is 0 Å². The van der Waals surface area contributed by atoms with E-state index in [1.54, 1.807) is 6.07 Å². The van der Waals surface area contributed by atoms with Gasteiger partial charge in [-0.2, -0.15) is 5.10 Å². The molecule has 16 heavy (non-hydrogen) atoms. The molecule has 0 aliphatic heterocycles. The van der Waals surface area contributed by atoms with Crippen molar-refractivity contribution in [2.45, 2.75) is 6.54 Å². The molecular weight excluding hydrogens is 206 g/mol. The Balaban J connectivity index is 2.12. The van der Waals surface area contributed by atoms with Crippen molar-refractivity contribution in [3.05, 3.63) is 42.0 Å². The summed E-state index contributed by atoms with van der Waals surface area (Å²) in [6.45, 7) is 0.437. The third kappa shape index (κ3) is 2.23. The molecule has 0 bridgehead atoms. The minimum Gasteiger partial charge on any atom is -0.326 e. The molecule has 0 spiro atoms. The summed E-state index contributed by atoms with van der Waals surface area (Å²) in [5.41, 5.74) is 7.14. The lowest BCUT2D eigenvalue weighted by Crippen LogP contribution is -2.14. The van der Waals surface area contributed by atoms with Crippen molar-refractivity contribution in [2.24, 2.45) is 5.73 Å². The zero-order chi connectivity index (χ0) is 11.4. The predicted molar refractivity (Wildman–Crippen MR) is 58.7 cm³/mol. The van der Waals surface area contributed by atoms with Crippen molar-refractivity contribution in [2.75, 3.05) is 5.32 Å². The monoisotopic (exact) mass is 217 g/mol. The minimum absolute atomic E-state index is 0.179. The van der Waals surface area contributed by atoms with Gasteiger partial charge in [0.05, 0.1) is 0 Å². The van der Waals surface area contributed by atoms with Gasteiger partial charge in [0.2, 0.25) is 5.82 Å². The second-order valence-electron chi connectivity index (χ2n) is 3.19. The molecule has 0 aliphatic rings. The highest BCUT2D eigenvalue weighted by Crippen LogP contribution is 2.10. The van der Waals surface area contributed by atoms with Crippen molar-refractivity contribution in [3.8, 4) is 0 Å². The third-order valence-corrected chi connectivity index (χ3v) is 2.05. The first-order valence-electron chi connectivity index (χ1n) is 4.75. The van der Waals surface area contributed by atoms with E-state index in [-0.39, 0.29) is 11.7 Å². The van der Waals surface area contributed by atoms with Gasteiger partial charge in [-0.05, 0) is 17.7 Å². The summed E-state index contributed by atoms with van der Waals surface area (Å²) in [4.78, 5) is 15.4. The van der Waals surface area contributed by atoms with Gasteiger partial charge in [-0.25, -0.2) is 4.98 Å². The molecule has 1 aromatic heterocycles. The van der Waals surface area contributed by atoms with Crippen LogP contribution < -0.4 is 11.1 Å². The zero-order valence-electron chi connectivity index (χ0n) is 8.47. The van der Waals surface area contributed by atoms with Gasteiger partial charge in [0.1, 0.15) is 6.33 Å². The quantitative estimate of drug-likeness (QED) is 0.698. The molecule has 2 aromatic rings. The molecule has 6 heteroatoms. The molecule has 0 saturated heterocycles. The van der Waals surface area contributed by atoms with Gasteiger partial charge >= 0.3 is 0 Å². The van der Waals surface area contributed by atoms with Crippen molar-refractivity contribution in [1.82, 2.24) is 15.2 Å². The minimum atomic E-state index is -0.327. The fraction of sp³-hybridized carbons (Fsp3) is 0.100. The van der Waals surface area contributed by atoms with Crippen LogP contribution in [0, 0.1) is 0 Å². The summed E-state index contributed by atoms with van der Waals surface area (Å²) in [5.74, 6) is -0.148. The SMILES string of the molecule is NCc1cccc(NC(=O)c2ncn[nH]2)c1. The van der Waals surface area contributed by atoms with E-state index in [1.807, 2.05) is 18.2 Å². The predicted octanol–water partition coefficient (Wildman–Crippen LogP) is 0.516. The lowest BCUT2D eigenvalue weighted by Gasteiger charge is -2.04. The second-order valence-corrected chi connectivity index (χ2v) is 3.19. The fourth-order valence-corrected chi connectivity index (χ4v) is 1.28. The van der Waals surface area contributed by atoms with Crippen LogP contribution in [0.5, 0.6) is 0 Å². The number of nitrogens with one attached hydrogen (secondary N) is 2. The van der Waals surface area contributed by atoms with Crippen LogP contribution >= 0.6 is 0 Å². The topological polar surface area (TPSA) is 96.7 Å². The number of nitrogens with zero attached hydrogens (tertiary/aromatic N) is 2. The molecule has 1 heterocycles. The Kier molecular flexibility index (Phi) is 2.93. The zero-order valence-corrected chi connectivity index (χ0v) is 8.47. The normalized spacial score (nSPS) is 10.1. The Bertz CT molecular complexity index is 480. The number of amides is 1. The number of hydrogen-bond donors (Lipinski definition) is 3. The number of hydrogen-bond acceptors (Lipinski definition) is 4. The highest BCUT2D eigenvalue weighted by atomic mass is 16.2. The first-order chi connectivity index (χ1) is 7.79. The van der Waals surface area contributed by atoms with Crippen LogP contribution in [-0.4, -0.2) is 21.1 Å². The molecule has 0 atom stereocenters. The number of carbonyl (C=O) groups is 1. The standard InChI is InChI=1S/C10H11N5O/c11-5-7-2-1-3-8(4-7)14-10(16)9-12-6-13-15-9/h1-4,6H,5,11H2,(H,14,16)(H,12,13,15). The highest BCUT2D eigenvalue weighted by Gasteiger charge is 2.08. The summed E-state index contributed by atoms with van der Waals surface area (Å²) in [6, 6.07) is 7.32. The molecule has 1 amide bonds. The molecule has 2 rings (SSSR count). The number of H-pyrrole nitrogens is 1. The van der Waals surface area contributed by atoms with Crippen molar-refractivity contribution < 1.29 is 4.79 Å². The van der Waals surface area contributed by atoms with Gasteiger partial charge in [0, 0.05) is 12.2 Å². The number of aromatic amines is 1. The molecule has 82 valence electrons. The molecule has 4 N–H and O–H groups in total. The van der Waals surface area contributed by atoms with Crippen LogP contribution in [-0.2, 0) is 6.54 Å². The van der Waals surface area contributed by atoms with E-state index in [0.717, 1.165) is 5.56 Å². The average molecular weight is 217 g/mol. The number of rotatable bonds is 3. The van der Waals surface area contributed by atoms with Crippen molar-refractivity contribution in [1.29, 1.82) is 0 Å². The van der Waals surface area contributed by atoms with E-state index >= 15 is 0 Å². The van der Waals surface area contributed by atoms with Crippen LogP contribution in [0.4, 0.5) is 5.69 Å². The number of benzene rings is 1. The number of carbonyl (C=O) groups excluding carboxylic acids is 1. The number of aromatic nitrogens is 3. The fourth-order valence-electron chi connectivity index (χ4n) is 1.28. The molecule has 6 nitrogen and oxygen atoms in total. The lowest BCUT2D eigenvalue weighted by molar-refractivity contribution is 0.101. The maximum Gasteiger partial charge on any atom is 0.292 e. The van der Waals surface area contributed by atoms with E-state index in [4.69, 9.17) is 5.73 Å². The van der Waals surface area contributed by atoms with Gasteiger partial charge in [-0.1, -0.05) is 12.1 Å². The van der Waals surface area contributed by atoms with Gasteiger partial charge in [0.25, 0.3) is 5.91 Å². The summed E-state index contributed by atoms with van der Waals surface area (Å²) < 4.78 is 0. The van der Waals surface area contributed by atoms with Gasteiger partial charge in [0.15, 0.2) is 0 Å². The largest absolute Gasteiger partial charge is 0.326 e. The molecule has 0 saturated carbocycles. The lowest BCUT2D eigenvalue weighted by atomic mass is 10.2. The Labute approximate surface area is 91.9 Å². The second kappa shape index (κ2) is 4.54. The van der Waals surface area contributed by atoms with Crippen LogP contribution in [0.2, 0.25) is 0 Å².